The van der Waals surface area contributed by atoms with Gasteiger partial charge in [0.1, 0.15) is 11.9 Å². The maximum absolute atomic E-state index is 12.5. The molecule has 2 heterocycles. The Morgan fingerprint density at radius 1 is 1.20 bits per heavy atom. The van der Waals surface area contributed by atoms with Crippen molar-refractivity contribution in [2.24, 2.45) is 16.0 Å². The van der Waals surface area contributed by atoms with E-state index in [1.165, 1.54) is 32.1 Å². The number of amides is 1. The van der Waals surface area contributed by atoms with E-state index in [1.54, 1.807) is 13.2 Å². The van der Waals surface area contributed by atoms with Gasteiger partial charge in [-0.1, -0.05) is 56.4 Å². The summed E-state index contributed by atoms with van der Waals surface area (Å²) >= 11 is 0. The molecule has 156 valence electrons. The Bertz CT molecular complexity index is 948. The first-order valence-electron chi connectivity index (χ1n) is 10.4. The first kappa shape index (κ1) is 20.0. The summed E-state index contributed by atoms with van der Waals surface area (Å²) in [5.41, 5.74) is 5.35. The predicted octanol–water partition coefficient (Wildman–Crippen LogP) is 3.43. The Hall–Kier alpha value is -3.29. The van der Waals surface area contributed by atoms with E-state index in [1.807, 2.05) is 24.3 Å². The van der Waals surface area contributed by atoms with Gasteiger partial charge in [0.15, 0.2) is 11.6 Å². The largest absolute Gasteiger partial charge is 0.355 e. The number of amidine groups is 1. The number of fused-ring (bicyclic) bond motifs is 1. The lowest BCUT2D eigenvalue weighted by Gasteiger charge is -2.30. The van der Waals surface area contributed by atoms with Crippen LogP contribution in [0.25, 0.3) is 11.3 Å². The van der Waals surface area contributed by atoms with Gasteiger partial charge in [0.2, 0.25) is 5.91 Å². The lowest BCUT2D eigenvalue weighted by atomic mass is 9.84. The molecule has 1 saturated carbocycles. The smallest absolute Gasteiger partial charge is 0.248 e. The Balaban J connectivity index is 1.51. The van der Waals surface area contributed by atoms with E-state index >= 15 is 0 Å². The molecular weight excluding hydrogens is 378 g/mol. The van der Waals surface area contributed by atoms with Crippen LogP contribution in [0.5, 0.6) is 0 Å². The number of anilines is 2. The lowest BCUT2D eigenvalue weighted by Crippen LogP contribution is -2.41. The van der Waals surface area contributed by atoms with Crippen LogP contribution in [0, 0.1) is 5.92 Å². The van der Waals surface area contributed by atoms with Crippen LogP contribution in [0.3, 0.4) is 0 Å². The highest BCUT2D eigenvalue weighted by molar-refractivity contribution is 6.01. The van der Waals surface area contributed by atoms with Crippen LogP contribution in [0.2, 0.25) is 0 Å². The number of carbonyl (C=O) groups excluding carboxylic acids is 1. The normalized spacial score (nSPS) is 19.4. The SMILES string of the molecule is C=NNC(=NC)c1ccc(-c2cnc3c(n2)NC(CC2CCCCC2)C(=O)N3)cc1. The standard InChI is InChI=1S/C22H27N7O/c1-23-19(29-24-2)16-10-8-15(9-11-16)18-13-25-20-21(27-18)26-17(22(30)28-20)12-14-6-4-3-5-7-14/h8-11,13-14,17H,2-7,12H2,1H3,(H,23,29)(H,26,27)(H,25,28,30). The van der Waals surface area contributed by atoms with E-state index in [-0.39, 0.29) is 11.9 Å². The second-order valence-corrected chi connectivity index (χ2v) is 7.80. The van der Waals surface area contributed by atoms with Crippen LogP contribution in [0.1, 0.15) is 44.1 Å². The molecule has 4 rings (SSSR count). The molecule has 1 aromatic heterocycles. The topological polar surface area (TPSA) is 104 Å². The van der Waals surface area contributed by atoms with Crippen molar-refractivity contribution in [2.45, 2.75) is 44.6 Å². The molecule has 1 aromatic carbocycles. The van der Waals surface area contributed by atoms with Crippen LogP contribution < -0.4 is 16.1 Å². The van der Waals surface area contributed by atoms with Gasteiger partial charge in [0.25, 0.3) is 0 Å². The number of hydrogen-bond donors (Lipinski definition) is 3. The Kier molecular flexibility index (Phi) is 6.02. The van der Waals surface area contributed by atoms with E-state index in [2.05, 4.69) is 37.9 Å². The minimum atomic E-state index is -0.256. The number of carbonyl (C=O) groups is 1. The van der Waals surface area contributed by atoms with E-state index in [0.29, 0.717) is 23.4 Å². The van der Waals surface area contributed by atoms with Crippen molar-refractivity contribution in [3.05, 3.63) is 36.0 Å². The zero-order valence-corrected chi connectivity index (χ0v) is 17.2. The molecule has 0 spiro atoms. The zero-order chi connectivity index (χ0) is 20.9. The van der Waals surface area contributed by atoms with E-state index in [9.17, 15) is 4.79 Å². The highest BCUT2D eigenvalue weighted by Crippen LogP contribution is 2.32. The third-order valence-electron chi connectivity index (χ3n) is 5.80. The van der Waals surface area contributed by atoms with Crippen molar-refractivity contribution in [3.8, 4) is 11.3 Å². The quantitative estimate of drug-likeness (QED) is 0.402. The molecule has 1 fully saturated rings. The van der Waals surface area contributed by atoms with Crippen LogP contribution >= 0.6 is 0 Å². The number of rotatable bonds is 5. The van der Waals surface area contributed by atoms with Gasteiger partial charge < -0.3 is 10.6 Å². The minimum absolute atomic E-state index is 0.0193. The molecule has 3 N–H and O–H groups in total. The molecule has 8 nitrogen and oxygen atoms in total. The number of aliphatic imine (C=N–C) groups is 1. The molecule has 1 atom stereocenters. The fraction of sp³-hybridized carbons (Fsp3) is 0.409. The molecule has 1 aliphatic carbocycles. The van der Waals surface area contributed by atoms with Gasteiger partial charge in [-0.3, -0.25) is 15.2 Å². The highest BCUT2D eigenvalue weighted by atomic mass is 16.2. The van der Waals surface area contributed by atoms with Crippen molar-refractivity contribution in [2.75, 3.05) is 17.7 Å². The van der Waals surface area contributed by atoms with Gasteiger partial charge in [-0.05, 0) is 12.3 Å². The molecule has 0 bridgehead atoms. The summed E-state index contributed by atoms with van der Waals surface area (Å²) in [7, 11) is 1.69. The molecule has 1 aliphatic heterocycles. The maximum atomic E-state index is 12.5. The monoisotopic (exact) mass is 405 g/mol. The maximum Gasteiger partial charge on any atom is 0.248 e. The molecule has 2 aromatic rings. The fourth-order valence-electron chi connectivity index (χ4n) is 4.19. The molecule has 8 heteroatoms. The average molecular weight is 406 g/mol. The van der Waals surface area contributed by atoms with Gasteiger partial charge in [0.05, 0.1) is 11.9 Å². The van der Waals surface area contributed by atoms with Crippen molar-refractivity contribution in [1.82, 2.24) is 15.4 Å². The van der Waals surface area contributed by atoms with E-state index in [4.69, 9.17) is 4.98 Å². The summed E-state index contributed by atoms with van der Waals surface area (Å²) in [6.45, 7) is 3.43. The van der Waals surface area contributed by atoms with Crippen LogP contribution in [-0.4, -0.2) is 41.5 Å². The predicted molar refractivity (Wildman–Crippen MR) is 120 cm³/mol. The molecule has 0 radical (unpaired) electrons. The summed E-state index contributed by atoms with van der Waals surface area (Å²) in [6, 6.07) is 7.55. The van der Waals surface area contributed by atoms with Crippen molar-refractivity contribution < 1.29 is 4.79 Å². The van der Waals surface area contributed by atoms with Crippen LogP contribution in [0.15, 0.2) is 40.6 Å². The van der Waals surface area contributed by atoms with Crippen LogP contribution in [0.4, 0.5) is 11.6 Å². The third kappa shape index (κ3) is 4.32. The molecule has 30 heavy (non-hydrogen) atoms. The second-order valence-electron chi connectivity index (χ2n) is 7.80. The molecule has 1 unspecified atom stereocenters. The zero-order valence-electron chi connectivity index (χ0n) is 17.2. The number of aromatic nitrogens is 2. The summed E-state index contributed by atoms with van der Waals surface area (Å²) in [5.74, 6) is 2.34. The highest BCUT2D eigenvalue weighted by Gasteiger charge is 2.30. The molecule has 2 aliphatic rings. The van der Waals surface area contributed by atoms with Crippen molar-refractivity contribution >= 4 is 30.1 Å². The molecule has 1 amide bonds. The first-order chi connectivity index (χ1) is 14.7. The minimum Gasteiger partial charge on any atom is -0.355 e. The summed E-state index contributed by atoms with van der Waals surface area (Å²) in [6.07, 6.45) is 8.76. The summed E-state index contributed by atoms with van der Waals surface area (Å²) < 4.78 is 0. The Labute approximate surface area is 176 Å². The lowest BCUT2D eigenvalue weighted by molar-refractivity contribution is -0.117. The van der Waals surface area contributed by atoms with Gasteiger partial charge in [-0.25, -0.2) is 9.97 Å². The Morgan fingerprint density at radius 3 is 2.67 bits per heavy atom. The van der Waals surface area contributed by atoms with E-state index < -0.39 is 0 Å². The average Bonchev–Trinajstić information content (AvgIpc) is 2.78. The first-order valence-corrected chi connectivity index (χ1v) is 10.4. The second kappa shape index (κ2) is 9.02. The number of benzene rings is 1. The molecular formula is C22H27N7O. The fourth-order valence-corrected chi connectivity index (χ4v) is 4.19. The molecule has 0 saturated heterocycles. The summed E-state index contributed by atoms with van der Waals surface area (Å²) in [4.78, 5) is 25.8. The van der Waals surface area contributed by atoms with Gasteiger partial charge in [-0.2, -0.15) is 5.10 Å². The third-order valence-corrected chi connectivity index (χ3v) is 5.80. The number of nitrogens with zero attached hydrogens (tertiary/aromatic N) is 4. The number of hydrogen-bond acceptors (Lipinski definition) is 6. The number of hydrazone groups is 1. The van der Waals surface area contributed by atoms with Crippen molar-refractivity contribution in [1.29, 1.82) is 0 Å². The summed E-state index contributed by atoms with van der Waals surface area (Å²) in [5, 5.41) is 9.91. The number of nitrogens with one attached hydrogen (secondary N) is 3. The van der Waals surface area contributed by atoms with Gasteiger partial charge in [-0.15, -0.1) is 0 Å². The van der Waals surface area contributed by atoms with E-state index in [0.717, 1.165) is 23.2 Å². The van der Waals surface area contributed by atoms with Crippen molar-refractivity contribution in [3.63, 3.8) is 0 Å². The van der Waals surface area contributed by atoms with Crippen LogP contribution in [-0.2, 0) is 4.79 Å². The Morgan fingerprint density at radius 2 is 1.97 bits per heavy atom. The van der Waals surface area contributed by atoms with Gasteiger partial charge in [0, 0.05) is 24.9 Å². The van der Waals surface area contributed by atoms with Gasteiger partial charge >= 0.3 is 0 Å².